The second kappa shape index (κ2) is 7.06. The van der Waals surface area contributed by atoms with Crippen molar-refractivity contribution in [2.24, 2.45) is 0 Å². The van der Waals surface area contributed by atoms with Gasteiger partial charge >= 0.3 is 0 Å². The topological polar surface area (TPSA) is 57.7 Å². The van der Waals surface area contributed by atoms with Gasteiger partial charge in [0.1, 0.15) is 0 Å². The Morgan fingerprint density at radius 2 is 1.92 bits per heavy atom. The molecule has 2 fully saturated rings. The van der Waals surface area contributed by atoms with E-state index in [1.54, 1.807) is 11.8 Å². The van der Waals surface area contributed by atoms with Gasteiger partial charge in [-0.3, -0.25) is 9.69 Å². The van der Waals surface area contributed by atoms with Crippen molar-refractivity contribution in [3.63, 3.8) is 0 Å². The molecule has 1 aromatic carbocycles. The van der Waals surface area contributed by atoms with Gasteiger partial charge in [-0.15, -0.1) is 11.8 Å². The number of sulfone groups is 1. The maximum absolute atomic E-state index is 12.8. The van der Waals surface area contributed by atoms with Gasteiger partial charge in [-0.1, -0.05) is 6.07 Å². The highest BCUT2D eigenvalue weighted by Crippen LogP contribution is 2.23. The third-order valence-corrected chi connectivity index (χ3v) is 7.48. The van der Waals surface area contributed by atoms with Crippen LogP contribution < -0.4 is 0 Å². The fraction of sp³-hybridized carbons (Fsp3) is 0.588. The van der Waals surface area contributed by atoms with Crippen LogP contribution in [0.3, 0.4) is 0 Å². The molecule has 0 aliphatic carbocycles. The van der Waals surface area contributed by atoms with Crippen molar-refractivity contribution in [1.29, 1.82) is 0 Å². The standard InChI is InChI=1S/C17H24N2O3S2/c1-13-3-4-15(23-2)11-16(13)17(20)19-8-6-18(7-9-19)14-5-10-24(21,22)12-14/h3-4,11,14H,5-10,12H2,1-2H3. The van der Waals surface area contributed by atoms with E-state index in [0.717, 1.165) is 35.5 Å². The van der Waals surface area contributed by atoms with Crippen molar-refractivity contribution >= 4 is 27.5 Å². The average molecular weight is 369 g/mol. The average Bonchev–Trinajstić information content (AvgIpc) is 2.95. The van der Waals surface area contributed by atoms with E-state index in [4.69, 9.17) is 0 Å². The molecule has 2 saturated heterocycles. The van der Waals surface area contributed by atoms with Crippen LogP contribution in [0.15, 0.2) is 23.1 Å². The Bertz CT molecular complexity index is 725. The van der Waals surface area contributed by atoms with Crippen LogP contribution in [0, 0.1) is 6.92 Å². The number of hydrogen-bond donors (Lipinski definition) is 0. The molecule has 0 N–H and O–H groups in total. The van der Waals surface area contributed by atoms with E-state index < -0.39 is 9.84 Å². The van der Waals surface area contributed by atoms with E-state index in [2.05, 4.69) is 4.90 Å². The van der Waals surface area contributed by atoms with Gasteiger partial charge in [0.05, 0.1) is 11.5 Å². The zero-order valence-corrected chi connectivity index (χ0v) is 15.8. The van der Waals surface area contributed by atoms with Gasteiger partial charge in [0, 0.05) is 42.7 Å². The molecule has 5 nitrogen and oxygen atoms in total. The first kappa shape index (κ1) is 17.8. The van der Waals surface area contributed by atoms with E-state index in [1.165, 1.54) is 0 Å². The molecule has 0 radical (unpaired) electrons. The second-order valence-corrected chi connectivity index (χ2v) is 9.67. The lowest BCUT2D eigenvalue weighted by Crippen LogP contribution is -2.52. The first-order valence-corrected chi connectivity index (χ1v) is 11.3. The fourth-order valence-corrected chi connectivity index (χ4v) is 5.68. The van der Waals surface area contributed by atoms with Gasteiger partial charge in [0.2, 0.25) is 0 Å². The number of nitrogens with zero attached hydrogens (tertiary/aromatic N) is 2. The number of piperazine rings is 1. The maximum Gasteiger partial charge on any atom is 0.254 e. The summed E-state index contributed by atoms with van der Waals surface area (Å²) in [5.74, 6) is 0.662. The van der Waals surface area contributed by atoms with E-state index in [9.17, 15) is 13.2 Å². The van der Waals surface area contributed by atoms with Crippen LogP contribution in [0.25, 0.3) is 0 Å². The van der Waals surface area contributed by atoms with E-state index in [0.29, 0.717) is 18.8 Å². The molecule has 1 aromatic rings. The van der Waals surface area contributed by atoms with E-state index in [1.807, 2.05) is 36.3 Å². The zero-order chi connectivity index (χ0) is 17.3. The van der Waals surface area contributed by atoms with Crippen molar-refractivity contribution in [1.82, 2.24) is 9.80 Å². The van der Waals surface area contributed by atoms with Gasteiger partial charge in [-0.2, -0.15) is 0 Å². The molecule has 24 heavy (non-hydrogen) atoms. The van der Waals surface area contributed by atoms with Crippen LogP contribution in [0.2, 0.25) is 0 Å². The summed E-state index contributed by atoms with van der Waals surface area (Å²) in [7, 11) is -2.86. The summed E-state index contributed by atoms with van der Waals surface area (Å²) >= 11 is 1.64. The summed E-state index contributed by atoms with van der Waals surface area (Å²) < 4.78 is 23.3. The number of rotatable bonds is 3. The number of hydrogen-bond acceptors (Lipinski definition) is 5. The number of amides is 1. The molecular weight excluding hydrogens is 344 g/mol. The number of benzene rings is 1. The van der Waals surface area contributed by atoms with Crippen molar-refractivity contribution < 1.29 is 13.2 Å². The number of carbonyl (C=O) groups is 1. The van der Waals surface area contributed by atoms with Crippen molar-refractivity contribution in [3.05, 3.63) is 29.3 Å². The third kappa shape index (κ3) is 3.78. The minimum Gasteiger partial charge on any atom is -0.336 e. The molecule has 0 spiro atoms. The molecule has 7 heteroatoms. The minimum absolute atomic E-state index is 0.0853. The van der Waals surface area contributed by atoms with Gasteiger partial charge in [0.25, 0.3) is 5.91 Å². The minimum atomic E-state index is -2.86. The maximum atomic E-state index is 12.8. The predicted octanol–water partition coefficient (Wildman–Crippen LogP) is 1.66. The molecule has 132 valence electrons. The highest BCUT2D eigenvalue weighted by molar-refractivity contribution is 7.98. The first-order chi connectivity index (χ1) is 11.4. The Kier molecular flexibility index (Phi) is 5.22. The Balaban J connectivity index is 1.63. The summed E-state index contributed by atoms with van der Waals surface area (Å²) in [5, 5.41) is 0. The SMILES string of the molecule is CSc1ccc(C)c(C(=O)N2CCN(C3CCS(=O)(=O)C3)CC2)c1. The van der Waals surface area contributed by atoms with Crippen molar-refractivity contribution in [2.75, 3.05) is 43.9 Å². The third-order valence-electron chi connectivity index (χ3n) is 5.00. The highest BCUT2D eigenvalue weighted by atomic mass is 32.2. The number of carbonyl (C=O) groups excluding carboxylic acids is 1. The Labute approximate surface area is 148 Å². The van der Waals surface area contributed by atoms with E-state index in [-0.39, 0.29) is 17.7 Å². The van der Waals surface area contributed by atoms with Gasteiger partial charge in [0.15, 0.2) is 9.84 Å². The lowest BCUT2D eigenvalue weighted by Gasteiger charge is -2.37. The fourth-order valence-electron chi connectivity index (χ4n) is 3.48. The number of thioether (sulfide) groups is 1. The first-order valence-electron chi connectivity index (χ1n) is 8.28. The largest absolute Gasteiger partial charge is 0.336 e. The van der Waals surface area contributed by atoms with Crippen molar-refractivity contribution in [3.8, 4) is 0 Å². The van der Waals surface area contributed by atoms with Gasteiger partial charge in [-0.05, 0) is 37.3 Å². The predicted molar refractivity (Wildman–Crippen MR) is 97.5 cm³/mol. The molecule has 0 saturated carbocycles. The summed E-state index contributed by atoms with van der Waals surface area (Å²) in [4.78, 5) is 18.0. The van der Waals surface area contributed by atoms with Gasteiger partial charge in [-0.25, -0.2) is 8.42 Å². The molecule has 1 amide bonds. The number of aryl methyl sites for hydroxylation is 1. The summed E-state index contributed by atoms with van der Waals surface area (Å²) in [6.07, 6.45) is 2.73. The van der Waals surface area contributed by atoms with E-state index >= 15 is 0 Å². The molecule has 2 aliphatic heterocycles. The van der Waals surface area contributed by atoms with Crippen LogP contribution in [0.5, 0.6) is 0 Å². The smallest absolute Gasteiger partial charge is 0.254 e. The monoisotopic (exact) mass is 368 g/mol. The molecular formula is C17H24N2O3S2. The van der Waals surface area contributed by atoms with Crippen molar-refractivity contribution in [2.45, 2.75) is 24.3 Å². The summed E-state index contributed by atoms with van der Waals surface area (Å²) in [5.41, 5.74) is 1.78. The van der Waals surface area contributed by atoms with Crippen LogP contribution in [-0.4, -0.2) is 74.1 Å². The Morgan fingerprint density at radius 1 is 1.21 bits per heavy atom. The lowest BCUT2D eigenvalue weighted by molar-refractivity contribution is 0.0587. The lowest BCUT2D eigenvalue weighted by atomic mass is 10.1. The van der Waals surface area contributed by atoms with Crippen LogP contribution in [0.1, 0.15) is 22.3 Å². The van der Waals surface area contributed by atoms with Crippen LogP contribution in [-0.2, 0) is 9.84 Å². The van der Waals surface area contributed by atoms with Gasteiger partial charge < -0.3 is 4.90 Å². The van der Waals surface area contributed by atoms with Crippen LogP contribution >= 0.6 is 11.8 Å². The molecule has 1 unspecified atom stereocenters. The second-order valence-electron chi connectivity index (χ2n) is 6.57. The molecule has 0 bridgehead atoms. The molecule has 0 aromatic heterocycles. The highest BCUT2D eigenvalue weighted by Gasteiger charge is 2.34. The molecule has 2 aliphatic rings. The Hall–Kier alpha value is -1.05. The zero-order valence-electron chi connectivity index (χ0n) is 14.2. The summed E-state index contributed by atoms with van der Waals surface area (Å²) in [6, 6.07) is 6.14. The normalized spacial score (nSPS) is 24.2. The van der Waals surface area contributed by atoms with Crippen LogP contribution in [0.4, 0.5) is 0 Å². The molecule has 1 atom stereocenters. The summed E-state index contributed by atoms with van der Waals surface area (Å²) in [6.45, 7) is 4.81. The molecule has 2 heterocycles. The molecule has 3 rings (SSSR count). The quantitative estimate of drug-likeness (QED) is 0.760. The Morgan fingerprint density at radius 3 is 2.50 bits per heavy atom.